The van der Waals surface area contributed by atoms with Crippen LogP contribution in [0.4, 0.5) is 0 Å². The second-order valence-electron chi connectivity index (χ2n) is 6.44. The summed E-state index contributed by atoms with van der Waals surface area (Å²) in [6.07, 6.45) is 2.43. The number of aliphatic imine (C=N–C) groups is 1. The Morgan fingerprint density at radius 1 is 1.30 bits per heavy atom. The first-order valence-corrected chi connectivity index (χ1v) is 8.41. The molecular formula is C18H31IN4. The Morgan fingerprint density at radius 2 is 2.04 bits per heavy atom. The Balaban J connectivity index is 0.00000264. The van der Waals surface area contributed by atoms with Crippen molar-refractivity contribution in [2.24, 2.45) is 10.9 Å². The highest BCUT2D eigenvalue weighted by molar-refractivity contribution is 14.0. The summed E-state index contributed by atoms with van der Waals surface area (Å²) in [6.45, 7) is 8.85. The van der Waals surface area contributed by atoms with Crippen LogP contribution < -0.4 is 10.6 Å². The molecule has 5 heteroatoms. The molecule has 1 unspecified atom stereocenters. The molecule has 2 N–H and O–H groups in total. The fourth-order valence-corrected chi connectivity index (χ4v) is 2.92. The highest BCUT2D eigenvalue weighted by Gasteiger charge is 2.22. The first-order chi connectivity index (χ1) is 10.7. The number of hydrogen-bond donors (Lipinski definition) is 2. The number of halogens is 1. The summed E-state index contributed by atoms with van der Waals surface area (Å²) >= 11 is 0. The van der Waals surface area contributed by atoms with Crippen LogP contribution in [0.25, 0.3) is 0 Å². The molecule has 130 valence electrons. The predicted octanol–water partition coefficient (Wildman–Crippen LogP) is 2.74. The first-order valence-electron chi connectivity index (χ1n) is 8.41. The quantitative estimate of drug-likeness (QED) is 0.414. The van der Waals surface area contributed by atoms with Crippen molar-refractivity contribution in [3.8, 4) is 0 Å². The maximum Gasteiger partial charge on any atom is 0.191 e. The molecule has 0 spiro atoms. The summed E-state index contributed by atoms with van der Waals surface area (Å²) in [4.78, 5) is 6.85. The van der Waals surface area contributed by atoms with Crippen LogP contribution in [0.3, 0.4) is 0 Å². The first kappa shape index (κ1) is 20.2. The number of rotatable bonds is 6. The van der Waals surface area contributed by atoms with E-state index in [1.54, 1.807) is 0 Å². The minimum atomic E-state index is 0. The van der Waals surface area contributed by atoms with Crippen molar-refractivity contribution >= 4 is 29.9 Å². The maximum atomic E-state index is 4.27. The van der Waals surface area contributed by atoms with Gasteiger partial charge < -0.3 is 15.5 Å². The standard InChI is InChI=1S/C18H30N4.HI/c1-15(2)21-18(19-3)20-13-17-10-12-22(14-17)11-9-16-7-5-4-6-8-16;/h4-8,15,17H,9-14H2,1-3H3,(H2,19,20,21);1H. The SMILES string of the molecule is CN=C(NCC1CCN(CCc2ccccc2)C1)NC(C)C.I. The van der Waals surface area contributed by atoms with Crippen molar-refractivity contribution in [3.63, 3.8) is 0 Å². The molecule has 1 aliphatic heterocycles. The molecule has 0 amide bonds. The molecule has 1 saturated heterocycles. The van der Waals surface area contributed by atoms with E-state index in [0.29, 0.717) is 6.04 Å². The predicted molar refractivity (Wildman–Crippen MR) is 110 cm³/mol. The van der Waals surface area contributed by atoms with Crippen LogP contribution in [-0.4, -0.2) is 50.1 Å². The third kappa shape index (κ3) is 7.52. The average molecular weight is 430 g/mol. The van der Waals surface area contributed by atoms with Gasteiger partial charge in [0.25, 0.3) is 0 Å². The largest absolute Gasteiger partial charge is 0.356 e. The fraction of sp³-hybridized carbons (Fsp3) is 0.611. The van der Waals surface area contributed by atoms with Gasteiger partial charge in [0.15, 0.2) is 5.96 Å². The number of hydrogen-bond acceptors (Lipinski definition) is 2. The molecule has 0 radical (unpaired) electrons. The van der Waals surface area contributed by atoms with Gasteiger partial charge in [0.05, 0.1) is 0 Å². The highest BCUT2D eigenvalue weighted by Crippen LogP contribution is 2.15. The van der Waals surface area contributed by atoms with Crippen LogP contribution in [0.15, 0.2) is 35.3 Å². The lowest BCUT2D eigenvalue weighted by Crippen LogP contribution is -2.43. The molecule has 0 saturated carbocycles. The number of benzene rings is 1. The zero-order valence-corrected chi connectivity index (χ0v) is 16.9. The van der Waals surface area contributed by atoms with Crippen molar-refractivity contribution in [1.82, 2.24) is 15.5 Å². The smallest absolute Gasteiger partial charge is 0.191 e. The number of likely N-dealkylation sites (tertiary alicyclic amines) is 1. The van der Waals surface area contributed by atoms with Crippen molar-refractivity contribution < 1.29 is 0 Å². The van der Waals surface area contributed by atoms with E-state index < -0.39 is 0 Å². The average Bonchev–Trinajstić information content (AvgIpc) is 2.98. The zero-order chi connectivity index (χ0) is 15.8. The zero-order valence-electron chi connectivity index (χ0n) is 14.6. The van der Waals surface area contributed by atoms with Gasteiger partial charge in [-0.25, -0.2) is 0 Å². The van der Waals surface area contributed by atoms with E-state index in [1.807, 2.05) is 7.05 Å². The molecule has 1 atom stereocenters. The Hall–Kier alpha value is -0.820. The van der Waals surface area contributed by atoms with Crippen LogP contribution in [0, 0.1) is 5.92 Å². The van der Waals surface area contributed by atoms with E-state index in [1.165, 1.54) is 31.6 Å². The van der Waals surface area contributed by atoms with Crippen LogP contribution in [-0.2, 0) is 6.42 Å². The lowest BCUT2D eigenvalue weighted by atomic mass is 10.1. The molecule has 23 heavy (non-hydrogen) atoms. The maximum absolute atomic E-state index is 4.27. The van der Waals surface area contributed by atoms with Crippen molar-refractivity contribution in [3.05, 3.63) is 35.9 Å². The minimum absolute atomic E-state index is 0. The lowest BCUT2D eigenvalue weighted by molar-refractivity contribution is 0.328. The van der Waals surface area contributed by atoms with Gasteiger partial charge in [-0.05, 0) is 44.7 Å². The van der Waals surface area contributed by atoms with Gasteiger partial charge in [-0.3, -0.25) is 4.99 Å². The van der Waals surface area contributed by atoms with Crippen molar-refractivity contribution in [1.29, 1.82) is 0 Å². The van der Waals surface area contributed by atoms with Gasteiger partial charge in [-0.1, -0.05) is 30.3 Å². The monoisotopic (exact) mass is 430 g/mol. The molecule has 2 rings (SSSR count). The summed E-state index contributed by atoms with van der Waals surface area (Å²) < 4.78 is 0. The lowest BCUT2D eigenvalue weighted by Gasteiger charge is -2.18. The van der Waals surface area contributed by atoms with Crippen LogP contribution in [0.2, 0.25) is 0 Å². The van der Waals surface area contributed by atoms with Crippen molar-refractivity contribution in [2.45, 2.75) is 32.7 Å². The van der Waals surface area contributed by atoms with E-state index in [4.69, 9.17) is 0 Å². The highest BCUT2D eigenvalue weighted by atomic mass is 127. The van der Waals surface area contributed by atoms with E-state index in [-0.39, 0.29) is 24.0 Å². The number of nitrogens with zero attached hydrogens (tertiary/aromatic N) is 2. The molecule has 1 aliphatic rings. The molecule has 1 fully saturated rings. The van der Waals surface area contributed by atoms with Crippen LogP contribution in [0.5, 0.6) is 0 Å². The molecule has 1 aromatic rings. The normalized spacial score (nSPS) is 18.8. The van der Waals surface area contributed by atoms with Crippen LogP contribution >= 0.6 is 24.0 Å². The molecule has 0 bridgehead atoms. The second kappa shape index (κ2) is 10.9. The third-order valence-electron chi connectivity index (χ3n) is 4.14. The number of guanidine groups is 1. The Labute approximate surface area is 158 Å². The molecule has 1 heterocycles. The molecule has 0 aliphatic carbocycles. The Kier molecular flexibility index (Phi) is 9.55. The summed E-state index contributed by atoms with van der Waals surface area (Å²) in [5, 5.41) is 6.79. The second-order valence-corrected chi connectivity index (χ2v) is 6.44. The fourth-order valence-electron chi connectivity index (χ4n) is 2.92. The van der Waals surface area contributed by atoms with Gasteiger partial charge in [0.1, 0.15) is 0 Å². The minimum Gasteiger partial charge on any atom is -0.356 e. The Morgan fingerprint density at radius 3 is 2.70 bits per heavy atom. The van der Waals surface area contributed by atoms with Crippen LogP contribution in [0.1, 0.15) is 25.8 Å². The van der Waals surface area contributed by atoms with E-state index >= 15 is 0 Å². The molecule has 4 nitrogen and oxygen atoms in total. The van der Waals surface area contributed by atoms with Gasteiger partial charge >= 0.3 is 0 Å². The molecule has 0 aromatic heterocycles. The van der Waals surface area contributed by atoms with E-state index in [2.05, 4.69) is 64.7 Å². The van der Waals surface area contributed by atoms with Gasteiger partial charge in [0, 0.05) is 32.7 Å². The van der Waals surface area contributed by atoms with Gasteiger partial charge in [-0.2, -0.15) is 0 Å². The summed E-state index contributed by atoms with van der Waals surface area (Å²) in [7, 11) is 1.83. The topological polar surface area (TPSA) is 39.7 Å². The third-order valence-corrected chi connectivity index (χ3v) is 4.14. The van der Waals surface area contributed by atoms with E-state index in [9.17, 15) is 0 Å². The van der Waals surface area contributed by atoms with Gasteiger partial charge in [0.2, 0.25) is 0 Å². The van der Waals surface area contributed by atoms with Crippen molar-refractivity contribution in [2.75, 3.05) is 33.2 Å². The number of nitrogens with one attached hydrogen (secondary N) is 2. The molecular weight excluding hydrogens is 399 g/mol. The Bertz CT molecular complexity index is 461. The molecule has 1 aromatic carbocycles. The van der Waals surface area contributed by atoms with E-state index in [0.717, 1.165) is 24.8 Å². The van der Waals surface area contributed by atoms with Gasteiger partial charge in [-0.15, -0.1) is 24.0 Å². The summed E-state index contributed by atoms with van der Waals surface area (Å²) in [5.74, 6) is 1.64. The summed E-state index contributed by atoms with van der Waals surface area (Å²) in [5.41, 5.74) is 1.44. The summed E-state index contributed by atoms with van der Waals surface area (Å²) in [6, 6.07) is 11.2.